The van der Waals surface area contributed by atoms with Crippen LogP contribution in [0.15, 0.2) is 58.2 Å². The summed E-state index contributed by atoms with van der Waals surface area (Å²) in [5.41, 5.74) is 0.405. The molecule has 11 heteroatoms. The van der Waals surface area contributed by atoms with Crippen molar-refractivity contribution in [2.24, 2.45) is 7.05 Å². The van der Waals surface area contributed by atoms with Crippen molar-refractivity contribution in [2.75, 3.05) is 18.7 Å². The first-order chi connectivity index (χ1) is 13.8. The van der Waals surface area contributed by atoms with Gasteiger partial charge in [-0.2, -0.15) is 15.1 Å². The van der Waals surface area contributed by atoms with Gasteiger partial charge in [0.25, 0.3) is 0 Å². The van der Waals surface area contributed by atoms with Crippen LogP contribution in [0.5, 0.6) is 5.75 Å². The third-order valence-electron chi connectivity index (χ3n) is 3.83. The lowest BCUT2D eigenvalue weighted by Gasteiger charge is -2.08. The first-order valence-corrected chi connectivity index (χ1v) is 11.4. The molecule has 3 aromatic rings. The van der Waals surface area contributed by atoms with Gasteiger partial charge in [0.2, 0.25) is 0 Å². The van der Waals surface area contributed by atoms with Gasteiger partial charge in [-0.05, 0) is 30.3 Å². The lowest BCUT2D eigenvalue weighted by molar-refractivity contribution is 0.414. The molecule has 1 atom stereocenters. The summed E-state index contributed by atoms with van der Waals surface area (Å²) >= 11 is -1.40. The minimum Gasteiger partial charge on any atom is -0.609 e. The lowest BCUT2D eigenvalue weighted by atomic mass is 10.3. The highest BCUT2D eigenvalue weighted by atomic mass is 32.2. The molecular weight excluding hydrogens is 414 g/mol. The van der Waals surface area contributed by atoms with E-state index in [9.17, 15) is 13.0 Å². The number of aromatic nitrogens is 4. The topological polar surface area (TPSA) is 122 Å². The number of aryl methyl sites for hydroxylation is 1. The van der Waals surface area contributed by atoms with Crippen LogP contribution in [0.2, 0.25) is 0 Å². The minimum absolute atomic E-state index is 0.124. The standard InChI is InChI=1S/C18H19N5O4S2/c1-23-10-8-16(22-23)20-17-13(12-19-18(21-17)28(3)24)9-11-29(25,26)15-6-4-14(27-2)5-7-15/h4-12H,1-3H3,(H,19,20,21,22). The first-order valence-electron chi connectivity index (χ1n) is 8.33. The van der Waals surface area contributed by atoms with Gasteiger partial charge in [0.05, 0.1) is 12.0 Å². The molecule has 9 nitrogen and oxygen atoms in total. The first kappa shape index (κ1) is 20.8. The zero-order chi connectivity index (χ0) is 21.0. The minimum atomic E-state index is -3.69. The van der Waals surface area contributed by atoms with Gasteiger partial charge in [-0.1, -0.05) is 0 Å². The number of hydrogen-bond acceptors (Lipinski definition) is 8. The monoisotopic (exact) mass is 433 g/mol. The summed E-state index contributed by atoms with van der Waals surface area (Å²) in [6, 6.07) is 7.80. The van der Waals surface area contributed by atoms with Crippen molar-refractivity contribution in [1.29, 1.82) is 0 Å². The van der Waals surface area contributed by atoms with Gasteiger partial charge >= 0.3 is 5.16 Å². The Hall–Kier alpha value is -2.89. The van der Waals surface area contributed by atoms with Crippen molar-refractivity contribution in [3.8, 4) is 5.75 Å². The lowest BCUT2D eigenvalue weighted by Crippen LogP contribution is -2.08. The quantitative estimate of drug-likeness (QED) is 0.444. The van der Waals surface area contributed by atoms with Crippen LogP contribution in [0.4, 0.5) is 11.6 Å². The molecule has 2 heterocycles. The van der Waals surface area contributed by atoms with E-state index in [-0.39, 0.29) is 10.1 Å². The van der Waals surface area contributed by atoms with Crippen molar-refractivity contribution in [2.45, 2.75) is 10.1 Å². The van der Waals surface area contributed by atoms with Crippen LogP contribution >= 0.6 is 0 Å². The Kier molecular flexibility index (Phi) is 6.20. The SMILES string of the molecule is COc1ccc(S(=O)(=O)C=Cc2cnc([S+](C)[O-])nc2Nc2ccn(C)n2)cc1. The number of rotatable bonds is 7. The number of nitrogens with one attached hydrogen (secondary N) is 1. The Morgan fingerprint density at radius 2 is 1.97 bits per heavy atom. The van der Waals surface area contributed by atoms with Gasteiger partial charge in [0.15, 0.2) is 15.7 Å². The average Bonchev–Trinajstić information content (AvgIpc) is 3.11. The van der Waals surface area contributed by atoms with Crippen molar-refractivity contribution in [1.82, 2.24) is 19.7 Å². The Morgan fingerprint density at radius 3 is 2.55 bits per heavy atom. The number of methoxy groups -OCH3 is 1. The van der Waals surface area contributed by atoms with Gasteiger partial charge in [0.1, 0.15) is 17.8 Å². The molecule has 0 bridgehead atoms. The zero-order valence-corrected chi connectivity index (χ0v) is 17.6. The highest BCUT2D eigenvalue weighted by Gasteiger charge is 2.15. The summed E-state index contributed by atoms with van der Waals surface area (Å²) < 4.78 is 43.6. The largest absolute Gasteiger partial charge is 0.609 e. The number of anilines is 2. The highest BCUT2D eigenvalue weighted by Crippen LogP contribution is 2.22. The molecule has 0 saturated carbocycles. The predicted molar refractivity (Wildman–Crippen MR) is 110 cm³/mol. The summed E-state index contributed by atoms with van der Waals surface area (Å²) in [5.74, 6) is 1.36. The molecule has 1 unspecified atom stereocenters. The summed E-state index contributed by atoms with van der Waals surface area (Å²) in [6.45, 7) is 0. The van der Waals surface area contributed by atoms with Crippen LogP contribution in [0.25, 0.3) is 6.08 Å². The molecule has 0 saturated heterocycles. The van der Waals surface area contributed by atoms with E-state index in [1.807, 2.05) is 0 Å². The molecule has 0 aliphatic rings. The molecule has 2 aromatic heterocycles. The van der Waals surface area contributed by atoms with Crippen LogP contribution in [0.1, 0.15) is 5.56 Å². The summed E-state index contributed by atoms with van der Waals surface area (Å²) in [7, 11) is -0.424. The fourth-order valence-electron chi connectivity index (χ4n) is 2.35. The number of hydrogen-bond donors (Lipinski definition) is 1. The second-order valence-corrected chi connectivity index (χ2v) is 9.04. The third kappa shape index (κ3) is 5.13. The van der Waals surface area contributed by atoms with Gasteiger partial charge in [-0.3, -0.25) is 4.68 Å². The van der Waals surface area contributed by atoms with E-state index in [0.29, 0.717) is 22.9 Å². The van der Waals surface area contributed by atoms with E-state index in [2.05, 4.69) is 20.4 Å². The second-order valence-electron chi connectivity index (χ2n) is 5.93. The van der Waals surface area contributed by atoms with E-state index in [4.69, 9.17) is 4.74 Å². The van der Waals surface area contributed by atoms with Gasteiger partial charge in [-0.15, -0.1) is 0 Å². The molecule has 1 aromatic carbocycles. The number of nitrogens with zero attached hydrogens (tertiary/aromatic N) is 4. The predicted octanol–water partition coefficient (Wildman–Crippen LogP) is 2.14. The fourth-order valence-corrected chi connectivity index (χ4v) is 3.76. The number of sulfone groups is 1. The molecule has 0 amide bonds. The van der Waals surface area contributed by atoms with Gasteiger partial charge < -0.3 is 14.6 Å². The van der Waals surface area contributed by atoms with E-state index in [0.717, 1.165) is 5.41 Å². The Balaban J connectivity index is 1.93. The summed E-state index contributed by atoms with van der Waals surface area (Å²) in [6.07, 6.45) is 6.00. The molecule has 1 N–H and O–H groups in total. The van der Waals surface area contributed by atoms with E-state index < -0.39 is 21.0 Å². The van der Waals surface area contributed by atoms with E-state index in [1.165, 1.54) is 37.8 Å². The maximum absolute atomic E-state index is 12.6. The van der Waals surface area contributed by atoms with Crippen molar-refractivity contribution >= 4 is 38.7 Å². The van der Waals surface area contributed by atoms with Crippen LogP contribution in [0, 0.1) is 0 Å². The molecule has 0 aliphatic carbocycles. The van der Waals surface area contributed by atoms with Crippen molar-refractivity contribution in [3.63, 3.8) is 0 Å². The number of ether oxygens (including phenoxy) is 1. The van der Waals surface area contributed by atoms with Crippen LogP contribution in [0.3, 0.4) is 0 Å². The Labute approximate surface area is 171 Å². The molecule has 0 radical (unpaired) electrons. The van der Waals surface area contributed by atoms with Crippen LogP contribution < -0.4 is 10.1 Å². The Morgan fingerprint density at radius 1 is 1.24 bits per heavy atom. The molecule has 152 valence electrons. The average molecular weight is 434 g/mol. The number of benzene rings is 1. The van der Waals surface area contributed by atoms with Crippen molar-refractivity contribution < 1.29 is 17.7 Å². The molecule has 3 rings (SSSR count). The fraction of sp³-hybridized carbons (Fsp3) is 0.167. The third-order valence-corrected chi connectivity index (χ3v) is 5.96. The maximum atomic E-state index is 12.6. The molecule has 0 aliphatic heterocycles. The van der Waals surface area contributed by atoms with E-state index >= 15 is 0 Å². The normalized spacial score (nSPS) is 12.8. The smallest absolute Gasteiger partial charge is 0.344 e. The Bertz CT molecular complexity index is 1130. The van der Waals surface area contributed by atoms with Crippen LogP contribution in [-0.4, -0.2) is 46.1 Å². The zero-order valence-electron chi connectivity index (χ0n) is 15.9. The van der Waals surface area contributed by atoms with Gasteiger partial charge in [-0.25, -0.2) is 8.42 Å². The van der Waals surface area contributed by atoms with Crippen molar-refractivity contribution in [3.05, 3.63) is 53.7 Å². The second kappa shape index (κ2) is 8.64. The van der Waals surface area contributed by atoms with E-state index in [1.54, 1.807) is 36.1 Å². The summed E-state index contributed by atoms with van der Waals surface area (Å²) in [4.78, 5) is 8.41. The van der Waals surface area contributed by atoms with Crippen LogP contribution in [-0.2, 0) is 28.1 Å². The molecule has 29 heavy (non-hydrogen) atoms. The summed E-state index contributed by atoms with van der Waals surface area (Å²) in [5, 5.41) is 8.40. The highest BCUT2D eigenvalue weighted by molar-refractivity contribution is 7.94. The van der Waals surface area contributed by atoms with Gasteiger partial charge in [0, 0.05) is 47.7 Å². The molecular formula is C18H19N5O4S2. The molecule has 0 fully saturated rings. The molecule has 0 spiro atoms. The maximum Gasteiger partial charge on any atom is 0.344 e.